The summed E-state index contributed by atoms with van der Waals surface area (Å²) in [7, 11) is 1.38. The smallest absolute Gasteiger partial charge is 0.284 e. The SMILES string of the molecule is COc1nn2cccnc2c1C(=O)Nc1cn([C@H]2CC[C@H](C)CC2)nc1C(F)F. The predicted octanol–water partition coefficient (Wildman–Crippen LogP) is 3.88. The van der Waals surface area contributed by atoms with E-state index < -0.39 is 18.0 Å². The Balaban J connectivity index is 1.65. The van der Waals surface area contributed by atoms with Crippen LogP contribution in [-0.2, 0) is 0 Å². The largest absolute Gasteiger partial charge is 0.479 e. The summed E-state index contributed by atoms with van der Waals surface area (Å²) in [6.45, 7) is 2.19. The number of hydrogen-bond acceptors (Lipinski definition) is 5. The summed E-state index contributed by atoms with van der Waals surface area (Å²) in [5, 5.41) is 10.8. The molecule has 0 radical (unpaired) electrons. The predicted molar refractivity (Wildman–Crippen MR) is 101 cm³/mol. The van der Waals surface area contributed by atoms with Crippen molar-refractivity contribution < 1.29 is 18.3 Å². The van der Waals surface area contributed by atoms with Crippen molar-refractivity contribution >= 4 is 17.2 Å². The number of ether oxygens (including phenoxy) is 1. The Morgan fingerprint density at radius 1 is 1.28 bits per heavy atom. The number of hydrogen-bond donors (Lipinski definition) is 1. The van der Waals surface area contributed by atoms with Gasteiger partial charge >= 0.3 is 0 Å². The van der Waals surface area contributed by atoms with E-state index in [1.807, 2.05) is 0 Å². The van der Waals surface area contributed by atoms with Gasteiger partial charge in [0.25, 0.3) is 12.3 Å². The first-order valence-corrected chi connectivity index (χ1v) is 9.53. The van der Waals surface area contributed by atoms with Gasteiger partial charge in [-0.1, -0.05) is 6.92 Å². The van der Waals surface area contributed by atoms with Gasteiger partial charge in [0.2, 0.25) is 5.88 Å². The van der Waals surface area contributed by atoms with Crippen molar-refractivity contribution in [3.05, 3.63) is 35.9 Å². The van der Waals surface area contributed by atoms with Gasteiger partial charge in [0.1, 0.15) is 5.56 Å². The van der Waals surface area contributed by atoms with E-state index >= 15 is 0 Å². The second kappa shape index (κ2) is 7.76. The molecular weight excluding hydrogens is 382 g/mol. The molecule has 1 saturated carbocycles. The lowest BCUT2D eigenvalue weighted by Crippen LogP contribution is -2.17. The molecule has 154 valence electrons. The number of carbonyl (C=O) groups excluding carboxylic acids is 1. The van der Waals surface area contributed by atoms with Crippen LogP contribution in [-0.4, -0.2) is 37.4 Å². The molecule has 0 bridgehead atoms. The number of carbonyl (C=O) groups is 1. The quantitative estimate of drug-likeness (QED) is 0.698. The van der Waals surface area contributed by atoms with Gasteiger partial charge in [0.15, 0.2) is 11.3 Å². The number of rotatable bonds is 5. The molecule has 0 spiro atoms. The van der Waals surface area contributed by atoms with Crippen molar-refractivity contribution in [1.29, 1.82) is 0 Å². The van der Waals surface area contributed by atoms with Crippen molar-refractivity contribution in [1.82, 2.24) is 24.4 Å². The summed E-state index contributed by atoms with van der Waals surface area (Å²) in [5.74, 6) is 0.0638. The van der Waals surface area contributed by atoms with Crippen LogP contribution in [0.25, 0.3) is 5.65 Å². The van der Waals surface area contributed by atoms with Crippen molar-refractivity contribution in [2.45, 2.75) is 45.1 Å². The van der Waals surface area contributed by atoms with E-state index in [4.69, 9.17) is 4.74 Å². The fraction of sp³-hybridized carbons (Fsp3) is 0.474. The molecule has 8 nitrogen and oxygen atoms in total. The third-order valence-electron chi connectivity index (χ3n) is 5.36. The fourth-order valence-corrected chi connectivity index (χ4v) is 3.75. The Morgan fingerprint density at radius 3 is 2.72 bits per heavy atom. The Labute approximate surface area is 165 Å². The molecule has 0 aromatic carbocycles. The maximum atomic E-state index is 13.6. The first-order chi connectivity index (χ1) is 14.0. The van der Waals surface area contributed by atoms with E-state index in [-0.39, 0.29) is 28.8 Å². The maximum absolute atomic E-state index is 13.6. The van der Waals surface area contributed by atoms with Crippen molar-refractivity contribution in [2.75, 3.05) is 12.4 Å². The van der Waals surface area contributed by atoms with E-state index in [0.717, 1.165) is 25.7 Å². The molecular formula is C19H22F2N6O2. The molecule has 1 aliphatic carbocycles. The summed E-state index contributed by atoms with van der Waals surface area (Å²) >= 11 is 0. The molecule has 3 aromatic heterocycles. The van der Waals surface area contributed by atoms with E-state index in [0.29, 0.717) is 5.92 Å². The van der Waals surface area contributed by atoms with Crippen LogP contribution in [0.5, 0.6) is 5.88 Å². The van der Waals surface area contributed by atoms with E-state index in [9.17, 15) is 13.6 Å². The van der Waals surface area contributed by atoms with Crippen molar-refractivity contribution in [3.63, 3.8) is 0 Å². The topological polar surface area (TPSA) is 86.3 Å². The molecule has 0 saturated heterocycles. The summed E-state index contributed by atoms with van der Waals surface area (Å²) in [5.41, 5.74) is -0.108. The highest BCUT2D eigenvalue weighted by molar-refractivity contribution is 6.10. The Hall–Kier alpha value is -3.04. The van der Waals surface area contributed by atoms with Gasteiger partial charge in [0, 0.05) is 18.6 Å². The van der Waals surface area contributed by atoms with Crippen LogP contribution >= 0.6 is 0 Å². The lowest BCUT2D eigenvalue weighted by molar-refractivity contribution is 0.102. The Morgan fingerprint density at radius 2 is 2.03 bits per heavy atom. The number of nitrogens with one attached hydrogen (secondary N) is 1. The monoisotopic (exact) mass is 404 g/mol. The number of fused-ring (bicyclic) bond motifs is 1. The van der Waals surface area contributed by atoms with Crippen LogP contribution in [0.1, 0.15) is 61.1 Å². The molecule has 1 amide bonds. The van der Waals surface area contributed by atoms with Crippen LogP contribution in [0.3, 0.4) is 0 Å². The van der Waals surface area contributed by atoms with Gasteiger partial charge in [-0.15, -0.1) is 5.10 Å². The van der Waals surface area contributed by atoms with E-state index in [1.165, 1.54) is 24.0 Å². The van der Waals surface area contributed by atoms with Gasteiger partial charge in [-0.25, -0.2) is 18.3 Å². The first-order valence-electron chi connectivity index (χ1n) is 9.53. The maximum Gasteiger partial charge on any atom is 0.284 e. The number of anilines is 1. The molecule has 1 N–H and O–H groups in total. The zero-order valence-corrected chi connectivity index (χ0v) is 16.2. The zero-order valence-electron chi connectivity index (χ0n) is 16.2. The zero-order chi connectivity index (χ0) is 20.5. The Kier molecular flexibility index (Phi) is 5.16. The molecule has 0 unspecified atom stereocenters. The lowest BCUT2D eigenvalue weighted by atomic mass is 9.87. The number of aromatic nitrogens is 5. The highest BCUT2D eigenvalue weighted by atomic mass is 19.3. The lowest BCUT2D eigenvalue weighted by Gasteiger charge is -2.26. The number of halogens is 2. The van der Waals surface area contributed by atoms with Gasteiger partial charge in [0.05, 0.1) is 18.8 Å². The first kappa shape index (κ1) is 19.3. The number of methoxy groups -OCH3 is 1. The fourth-order valence-electron chi connectivity index (χ4n) is 3.75. The minimum Gasteiger partial charge on any atom is -0.479 e. The minimum atomic E-state index is -2.81. The molecule has 1 fully saturated rings. The third-order valence-corrected chi connectivity index (χ3v) is 5.36. The Bertz CT molecular complexity index is 1020. The summed E-state index contributed by atoms with van der Waals surface area (Å²) in [6, 6.07) is 1.72. The average Bonchev–Trinajstić information content (AvgIpc) is 3.29. The van der Waals surface area contributed by atoms with Crippen LogP contribution in [0.4, 0.5) is 14.5 Å². The number of nitrogens with zero attached hydrogens (tertiary/aromatic N) is 5. The van der Waals surface area contributed by atoms with E-state index in [2.05, 4.69) is 27.4 Å². The van der Waals surface area contributed by atoms with Gasteiger partial charge < -0.3 is 10.1 Å². The highest BCUT2D eigenvalue weighted by Crippen LogP contribution is 2.35. The van der Waals surface area contributed by atoms with Crippen LogP contribution < -0.4 is 10.1 Å². The molecule has 3 aromatic rings. The number of alkyl halides is 2. The van der Waals surface area contributed by atoms with Crippen molar-refractivity contribution in [2.24, 2.45) is 5.92 Å². The molecule has 29 heavy (non-hydrogen) atoms. The highest BCUT2D eigenvalue weighted by Gasteiger charge is 2.28. The van der Waals surface area contributed by atoms with E-state index in [1.54, 1.807) is 16.9 Å². The minimum absolute atomic E-state index is 0.0130. The summed E-state index contributed by atoms with van der Waals surface area (Å²) in [4.78, 5) is 17.1. The average molecular weight is 404 g/mol. The van der Waals surface area contributed by atoms with Crippen LogP contribution in [0.15, 0.2) is 24.7 Å². The van der Waals surface area contributed by atoms with Crippen LogP contribution in [0.2, 0.25) is 0 Å². The summed E-state index contributed by atoms with van der Waals surface area (Å²) < 4.78 is 35.3. The summed E-state index contributed by atoms with van der Waals surface area (Å²) in [6.07, 6.45) is 5.64. The molecule has 10 heteroatoms. The molecule has 0 aliphatic heterocycles. The standard InChI is InChI=1S/C19H22F2N6O2/c1-11-4-6-12(7-5-11)27-10-13(15(24-27)16(20)21)23-18(28)14-17-22-8-3-9-26(17)25-19(14)29-2/h3,8-12,16H,4-7H2,1-2H3,(H,23,28)/t11-,12-. The van der Waals surface area contributed by atoms with Crippen LogP contribution in [0, 0.1) is 5.92 Å². The molecule has 4 rings (SSSR count). The molecule has 1 aliphatic rings. The van der Waals surface area contributed by atoms with Gasteiger partial charge in [-0.05, 0) is 37.7 Å². The third kappa shape index (κ3) is 3.66. The van der Waals surface area contributed by atoms with Crippen molar-refractivity contribution in [3.8, 4) is 5.88 Å². The normalized spacial score (nSPS) is 19.6. The molecule has 3 heterocycles. The van der Waals surface area contributed by atoms with Gasteiger partial charge in [-0.2, -0.15) is 5.10 Å². The number of amides is 1. The second-order valence-electron chi connectivity index (χ2n) is 7.35. The van der Waals surface area contributed by atoms with Gasteiger partial charge in [-0.3, -0.25) is 9.48 Å². The molecule has 0 atom stereocenters. The second-order valence-corrected chi connectivity index (χ2v) is 7.35.